The van der Waals surface area contributed by atoms with Crippen molar-refractivity contribution >= 4 is 12.1 Å². The van der Waals surface area contributed by atoms with Crippen LogP contribution in [-0.2, 0) is 32.2 Å². The number of carbonyl (C=O) groups is 2. The molecule has 6 heteroatoms. The van der Waals surface area contributed by atoms with Crippen molar-refractivity contribution in [1.82, 2.24) is 5.32 Å². The predicted molar refractivity (Wildman–Crippen MR) is 126 cm³/mol. The Labute approximate surface area is 195 Å². The third kappa shape index (κ3) is 6.93. The zero-order valence-corrected chi connectivity index (χ0v) is 19.6. The van der Waals surface area contributed by atoms with Crippen LogP contribution in [0, 0.1) is 17.3 Å². The van der Waals surface area contributed by atoms with E-state index in [0.717, 1.165) is 18.4 Å². The van der Waals surface area contributed by atoms with Crippen LogP contribution in [0.4, 0.5) is 4.79 Å². The molecule has 1 aliphatic carbocycles. The highest BCUT2D eigenvalue weighted by Gasteiger charge is 2.46. The Morgan fingerprint density at radius 1 is 1.00 bits per heavy atom. The highest BCUT2D eigenvalue weighted by molar-refractivity contribution is 5.92. The molecule has 6 nitrogen and oxygen atoms in total. The van der Waals surface area contributed by atoms with E-state index in [9.17, 15) is 9.59 Å². The topological polar surface area (TPSA) is 73.9 Å². The first-order valence-corrected chi connectivity index (χ1v) is 11.3. The van der Waals surface area contributed by atoms with Crippen molar-refractivity contribution in [3.05, 3.63) is 83.6 Å². The van der Waals surface area contributed by atoms with E-state index in [1.54, 1.807) is 6.08 Å². The molecule has 1 N–H and O–H groups in total. The Balaban J connectivity index is 1.50. The van der Waals surface area contributed by atoms with Gasteiger partial charge in [0.2, 0.25) is 0 Å². The predicted octanol–water partition coefficient (Wildman–Crippen LogP) is 5.24. The molecule has 0 radical (unpaired) electrons. The molecule has 0 unspecified atom stereocenters. The molecule has 33 heavy (non-hydrogen) atoms. The van der Waals surface area contributed by atoms with E-state index in [0.29, 0.717) is 19.1 Å². The normalized spacial score (nSPS) is 19.3. The molecule has 176 valence electrons. The van der Waals surface area contributed by atoms with Gasteiger partial charge in [0.05, 0.1) is 13.7 Å². The summed E-state index contributed by atoms with van der Waals surface area (Å²) >= 11 is 0. The van der Waals surface area contributed by atoms with E-state index in [1.807, 2.05) is 48.5 Å². The van der Waals surface area contributed by atoms with Crippen LogP contribution in [0.25, 0.3) is 0 Å². The summed E-state index contributed by atoms with van der Waals surface area (Å²) in [7, 11) is 1.30. The van der Waals surface area contributed by atoms with E-state index < -0.39 is 12.1 Å². The van der Waals surface area contributed by atoms with Gasteiger partial charge in [-0.3, -0.25) is 5.32 Å². The van der Waals surface area contributed by atoms with Crippen LogP contribution in [0.3, 0.4) is 0 Å². The van der Waals surface area contributed by atoms with Crippen LogP contribution in [0.15, 0.2) is 72.4 Å². The molecule has 0 aromatic heterocycles. The number of rotatable bonds is 10. The van der Waals surface area contributed by atoms with Crippen LogP contribution in [0.1, 0.15) is 37.8 Å². The van der Waals surface area contributed by atoms with Gasteiger partial charge < -0.3 is 14.2 Å². The lowest BCUT2D eigenvalue weighted by molar-refractivity contribution is -0.136. The molecule has 0 saturated heterocycles. The summed E-state index contributed by atoms with van der Waals surface area (Å²) in [6.45, 7) is 5.79. The third-order valence-electron chi connectivity index (χ3n) is 6.49. The summed E-state index contributed by atoms with van der Waals surface area (Å²) < 4.78 is 16.0. The molecule has 0 aliphatic heterocycles. The largest absolute Gasteiger partial charge is 0.464 e. The number of allylic oxidation sites excluding steroid dienone is 1. The molecule has 1 aliphatic rings. The molecule has 2 aromatic carbocycles. The smallest absolute Gasteiger partial charge is 0.412 e. The number of carbonyl (C=O) groups excluding carboxylic acids is 2. The number of benzene rings is 2. The monoisotopic (exact) mass is 451 g/mol. The SMILES string of the molecule is COC(=O)/C(=C/[C@@H]1C[C@H](CCOCc2ccccc2)C1(C)C)NC(=O)OCc1ccccc1. The highest BCUT2D eigenvalue weighted by Crippen LogP contribution is 2.53. The second-order valence-electron chi connectivity index (χ2n) is 8.95. The summed E-state index contributed by atoms with van der Waals surface area (Å²) in [5.74, 6) is 0.0238. The van der Waals surface area contributed by atoms with Gasteiger partial charge >= 0.3 is 12.1 Å². The van der Waals surface area contributed by atoms with Crippen molar-refractivity contribution in [2.24, 2.45) is 17.3 Å². The summed E-state index contributed by atoms with van der Waals surface area (Å²) in [4.78, 5) is 24.5. The van der Waals surface area contributed by atoms with Gasteiger partial charge in [-0.05, 0) is 47.3 Å². The molecule has 3 rings (SSSR count). The molecular weight excluding hydrogens is 418 g/mol. The summed E-state index contributed by atoms with van der Waals surface area (Å²) in [6, 6.07) is 19.5. The van der Waals surface area contributed by atoms with Crippen molar-refractivity contribution in [3.63, 3.8) is 0 Å². The van der Waals surface area contributed by atoms with Crippen molar-refractivity contribution in [1.29, 1.82) is 0 Å². The fraction of sp³-hybridized carbons (Fsp3) is 0.407. The van der Waals surface area contributed by atoms with Gasteiger partial charge in [-0.25, -0.2) is 9.59 Å². The van der Waals surface area contributed by atoms with Crippen LogP contribution in [-0.4, -0.2) is 25.8 Å². The maximum absolute atomic E-state index is 12.3. The maximum atomic E-state index is 12.3. The number of alkyl carbamates (subject to hydrolysis) is 1. The average molecular weight is 452 g/mol. The first-order chi connectivity index (χ1) is 15.9. The zero-order valence-electron chi connectivity index (χ0n) is 19.6. The molecule has 0 bridgehead atoms. The number of amides is 1. The second-order valence-corrected chi connectivity index (χ2v) is 8.95. The van der Waals surface area contributed by atoms with E-state index in [4.69, 9.17) is 14.2 Å². The minimum Gasteiger partial charge on any atom is -0.464 e. The number of hydrogen-bond acceptors (Lipinski definition) is 5. The molecular formula is C27H33NO5. The summed E-state index contributed by atoms with van der Waals surface area (Å²) in [5, 5.41) is 2.56. The lowest BCUT2D eigenvalue weighted by atomic mass is 9.54. The summed E-state index contributed by atoms with van der Waals surface area (Å²) in [5.41, 5.74) is 2.13. The van der Waals surface area contributed by atoms with E-state index in [-0.39, 0.29) is 23.6 Å². The van der Waals surface area contributed by atoms with Gasteiger partial charge in [0.1, 0.15) is 12.3 Å². The van der Waals surface area contributed by atoms with Gasteiger partial charge in [0, 0.05) is 6.61 Å². The number of methoxy groups -OCH3 is 1. The van der Waals surface area contributed by atoms with E-state index in [2.05, 4.69) is 31.3 Å². The number of hydrogen-bond donors (Lipinski definition) is 1. The van der Waals surface area contributed by atoms with Crippen molar-refractivity contribution < 1.29 is 23.8 Å². The summed E-state index contributed by atoms with van der Waals surface area (Å²) in [6.07, 6.45) is 2.99. The molecule has 1 saturated carbocycles. The minimum atomic E-state index is -0.682. The number of ether oxygens (including phenoxy) is 3. The zero-order chi connectivity index (χ0) is 23.7. The van der Waals surface area contributed by atoms with Gasteiger partial charge in [-0.15, -0.1) is 0 Å². The molecule has 0 spiro atoms. The molecule has 2 atom stereocenters. The molecule has 0 heterocycles. The van der Waals surface area contributed by atoms with Gasteiger partial charge in [0.25, 0.3) is 0 Å². The van der Waals surface area contributed by atoms with Gasteiger partial charge in [-0.1, -0.05) is 74.5 Å². The maximum Gasteiger partial charge on any atom is 0.412 e. The second kappa shape index (κ2) is 11.7. The molecule has 2 aromatic rings. The average Bonchev–Trinajstić information content (AvgIpc) is 2.84. The first kappa shape index (κ1) is 24.5. The standard InChI is InChI=1S/C27H33NO5/c1-27(2)22(14-15-32-18-20-10-6-4-7-11-20)16-23(27)17-24(25(29)31-3)28-26(30)33-19-21-12-8-5-9-13-21/h4-13,17,22-23H,14-16,18-19H2,1-3H3,(H,28,30)/b24-17-/t22-,23-/m0/s1. The fourth-order valence-corrected chi connectivity index (χ4v) is 4.16. The minimum absolute atomic E-state index is 0.0228. The van der Waals surface area contributed by atoms with E-state index >= 15 is 0 Å². The van der Waals surface area contributed by atoms with Crippen LogP contribution >= 0.6 is 0 Å². The Hall–Kier alpha value is -3.12. The van der Waals surface area contributed by atoms with E-state index in [1.165, 1.54) is 12.7 Å². The van der Waals surface area contributed by atoms with Crippen LogP contribution < -0.4 is 5.32 Å². The Kier molecular flexibility index (Phi) is 8.66. The molecule has 1 amide bonds. The lowest BCUT2D eigenvalue weighted by Crippen LogP contribution is -2.45. The van der Waals surface area contributed by atoms with Gasteiger partial charge in [0.15, 0.2) is 0 Å². The Morgan fingerprint density at radius 3 is 2.18 bits per heavy atom. The van der Waals surface area contributed by atoms with Crippen molar-refractivity contribution in [2.75, 3.05) is 13.7 Å². The first-order valence-electron chi connectivity index (χ1n) is 11.3. The number of esters is 1. The Bertz CT molecular complexity index is 939. The molecule has 1 fully saturated rings. The quantitative estimate of drug-likeness (QED) is 0.304. The Morgan fingerprint density at radius 2 is 1.61 bits per heavy atom. The van der Waals surface area contributed by atoms with Crippen molar-refractivity contribution in [3.8, 4) is 0 Å². The third-order valence-corrected chi connectivity index (χ3v) is 6.49. The number of nitrogens with one attached hydrogen (secondary N) is 1. The van der Waals surface area contributed by atoms with Gasteiger partial charge in [-0.2, -0.15) is 0 Å². The van der Waals surface area contributed by atoms with Crippen LogP contribution in [0.5, 0.6) is 0 Å². The van der Waals surface area contributed by atoms with Crippen molar-refractivity contribution in [2.45, 2.75) is 39.9 Å². The lowest BCUT2D eigenvalue weighted by Gasteiger charge is -2.51. The fourth-order valence-electron chi connectivity index (χ4n) is 4.16. The highest BCUT2D eigenvalue weighted by atomic mass is 16.6. The van der Waals surface area contributed by atoms with Crippen LogP contribution in [0.2, 0.25) is 0 Å².